The number of aromatic nitrogens is 2. The van der Waals surface area contributed by atoms with E-state index in [1.807, 2.05) is 17.7 Å². The van der Waals surface area contributed by atoms with Gasteiger partial charge >= 0.3 is 0 Å². The summed E-state index contributed by atoms with van der Waals surface area (Å²) >= 11 is 0. The minimum absolute atomic E-state index is 0.101. The number of aliphatic hydroxyl groups excluding tert-OH is 1. The van der Waals surface area contributed by atoms with E-state index < -0.39 is 0 Å². The first kappa shape index (κ1) is 17.8. The average Bonchev–Trinajstić information content (AvgIpc) is 2.89. The van der Waals surface area contributed by atoms with E-state index in [4.69, 9.17) is 14.6 Å². The van der Waals surface area contributed by atoms with Crippen LogP contribution in [0.15, 0.2) is 18.2 Å². The number of rotatable bonds is 7. The summed E-state index contributed by atoms with van der Waals surface area (Å²) in [4.78, 5) is 0. The summed E-state index contributed by atoms with van der Waals surface area (Å²) in [5.41, 5.74) is 4.51. The largest absolute Gasteiger partial charge is 0.486 e. The second kappa shape index (κ2) is 7.89. The van der Waals surface area contributed by atoms with E-state index in [2.05, 4.69) is 36.4 Å². The van der Waals surface area contributed by atoms with Gasteiger partial charge in [0.2, 0.25) is 0 Å². The van der Waals surface area contributed by atoms with Gasteiger partial charge in [0.05, 0.1) is 18.8 Å². The van der Waals surface area contributed by atoms with E-state index in [1.165, 1.54) is 11.1 Å². The van der Waals surface area contributed by atoms with Gasteiger partial charge in [-0.2, -0.15) is 5.10 Å². The maximum Gasteiger partial charge on any atom is 0.161 e. The van der Waals surface area contributed by atoms with Gasteiger partial charge in [0.1, 0.15) is 13.2 Å². The van der Waals surface area contributed by atoms with Crippen LogP contribution in [0.5, 0.6) is 11.5 Å². The number of aryl methyl sites for hydroxylation is 1. The predicted octanol–water partition coefficient (Wildman–Crippen LogP) is 2.50. The summed E-state index contributed by atoms with van der Waals surface area (Å²) in [7, 11) is 0. The molecule has 0 spiro atoms. The minimum Gasteiger partial charge on any atom is -0.486 e. The van der Waals surface area contributed by atoms with Crippen molar-refractivity contribution in [1.82, 2.24) is 15.1 Å². The van der Waals surface area contributed by atoms with Gasteiger partial charge in [-0.3, -0.25) is 4.68 Å². The van der Waals surface area contributed by atoms with Crippen LogP contribution < -0.4 is 14.8 Å². The molecule has 2 heterocycles. The minimum atomic E-state index is 0.101. The highest BCUT2D eigenvalue weighted by Crippen LogP contribution is 2.33. The number of nitrogens with one attached hydrogen (secondary N) is 1. The molecular formula is C19H27N3O3. The normalized spacial score (nSPS) is 14.6. The van der Waals surface area contributed by atoms with Crippen LogP contribution in [0.4, 0.5) is 0 Å². The molecule has 25 heavy (non-hydrogen) atoms. The molecule has 0 aliphatic carbocycles. The fourth-order valence-electron chi connectivity index (χ4n) is 3.30. The zero-order chi connectivity index (χ0) is 17.8. The first-order valence-corrected chi connectivity index (χ1v) is 8.90. The second-order valence-corrected chi connectivity index (χ2v) is 6.34. The lowest BCUT2D eigenvalue weighted by molar-refractivity contribution is 0.171. The first-order chi connectivity index (χ1) is 12.1. The number of hydrogen-bond acceptors (Lipinski definition) is 5. The van der Waals surface area contributed by atoms with Gasteiger partial charge in [-0.15, -0.1) is 0 Å². The Hall–Kier alpha value is -2.05. The standard InChI is InChI=1S/C19H27N3O3/c1-4-17(15-5-6-18-19(11-15)25-10-9-24-18)20-12-16-13(2)21-22(7-8-23)14(16)3/h5-6,11,17,20,23H,4,7-10,12H2,1-3H3. The molecule has 1 aliphatic rings. The number of benzene rings is 1. The Morgan fingerprint density at radius 3 is 2.72 bits per heavy atom. The van der Waals surface area contributed by atoms with Crippen LogP contribution >= 0.6 is 0 Å². The highest BCUT2D eigenvalue weighted by Gasteiger charge is 2.17. The Bertz CT molecular complexity index is 727. The van der Waals surface area contributed by atoms with Crippen molar-refractivity contribution in [3.8, 4) is 11.5 Å². The van der Waals surface area contributed by atoms with E-state index in [0.29, 0.717) is 19.8 Å². The van der Waals surface area contributed by atoms with Crippen LogP contribution in [0.2, 0.25) is 0 Å². The van der Waals surface area contributed by atoms with E-state index in [-0.39, 0.29) is 12.6 Å². The number of aliphatic hydroxyl groups is 1. The Kier molecular flexibility index (Phi) is 5.60. The predicted molar refractivity (Wildman–Crippen MR) is 96.1 cm³/mol. The molecule has 1 aromatic carbocycles. The Labute approximate surface area is 148 Å². The van der Waals surface area contributed by atoms with E-state index in [1.54, 1.807) is 0 Å². The molecule has 3 rings (SSSR count). The van der Waals surface area contributed by atoms with E-state index in [9.17, 15) is 0 Å². The average molecular weight is 345 g/mol. The van der Waals surface area contributed by atoms with Crippen molar-refractivity contribution in [1.29, 1.82) is 0 Å². The monoisotopic (exact) mass is 345 g/mol. The molecule has 0 bridgehead atoms. The molecule has 0 fully saturated rings. The van der Waals surface area contributed by atoms with Gasteiger partial charge in [0.25, 0.3) is 0 Å². The SMILES string of the molecule is CCC(NCc1c(C)nn(CCO)c1C)c1ccc2c(c1)OCCO2. The number of ether oxygens (including phenoxy) is 2. The third-order valence-electron chi connectivity index (χ3n) is 4.75. The number of fused-ring (bicyclic) bond motifs is 1. The van der Waals surface area contributed by atoms with Crippen LogP contribution in [0.3, 0.4) is 0 Å². The van der Waals surface area contributed by atoms with Gasteiger partial charge < -0.3 is 19.9 Å². The van der Waals surface area contributed by atoms with Crippen LogP contribution in [-0.4, -0.2) is 34.7 Å². The van der Waals surface area contributed by atoms with Gasteiger partial charge in [-0.25, -0.2) is 0 Å². The molecule has 0 saturated heterocycles. The zero-order valence-corrected chi connectivity index (χ0v) is 15.2. The second-order valence-electron chi connectivity index (χ2n) is 6.34. The molecule has 0 saturated carbocycles. The van der Waals surface area contributed by atoms with Crippen LogP contribution in [0.25, 0.3) is 0 Å². The summed E-state index contributed by atoms with van der Waals surface area (Å²) in [5, 5.41) is 17.3. The maximum absolute atomic E-state index is 9.15. The lowest BCUT2D eigenvalue weighted by atomic mass is 10.0. The van der Waals surface area contributed by atoms with Crippen molar-refractivity contribution in [2.45, 2.75) is 46.3 Å². The first-order valence-electron chi connectivity index (χ1n) is 8.90. The van der Waals surface area contributed by atoms with Crippen LogP contribution in [-0.2, 0) is 13.1 Å². The van der Waals surface area contributed by atoms with Crippen molar-refractivity contribution in [2.75, 3.05) is 19.8 Å². The third kappa shape index (κ3) is 3.80. The van der Waals surface area contributed by atoms with Crippen molar-refractivity contribution in [3.63, 3.8) is 0 Å². The molecule has 6 nitrogen and oxygen atoms in total. The maximum atomic E-state index is 9.15. The van der Waals surface area contributed by atoms with Gasteiger partial charge in [0.15, 0.2) is 11.5 Å². The van der Waals surface area contributed by atoms with E-state index >= 15 is 0 Å². The fourth-order valence-corrected chi connectivity index (χ4v) is 3.30. The Balaban J connectivity index is 1.73. The number of hydrogen-bond donors (Lipinski definition) is 2. The summed E-state index contributed by atoms with van der Waals surface area (Å²) in [5.74, 6) is 1.65. The molecule has 1 aromatic heterocycles. The quantitative estimate of drug-likeness (QED) is 0.807. The highest BCUT2D eigenvalue weighted by molar-refractivity contribution is 5.44. The van der Waals surface area contributed by atoms with Gasteiger partial charge in [0, 0.05) is 23.8 Å². The molecule has 2 aromatic rings. The molecule has 136 valence electrons. The zero-order valence-electron chi connectivity index (χ0n) is 15.2. The smallest absolute Gasteiger partial charge is 0.161 e. The molecular weight excluding hydrogens is 318 g/mol. The summed E-state index contributed by atoms with van der Waals surface area (Å²) in [6.07, 6.45) is 0.975. The third-order valence-corrected chi connectivity index (χ3v) is 4.75. The highest BCUT2D eigenvalue weighted by atomic mass is 16.6. The van der Waals surface area contributed by atoms with E-state index in [0.717, 1.165) is 35.9 Å². The molecule has 1 atom stereocenters. The summed E-state index contributed by atoms with van der Waals surface area (Å²) in [6, 6.07) is 6.40. The summed E-state index contributed by atoms with van der Waals surface area (Å²) in [6.45, 7) is 8.83. The molecule has 0 amide bonds. The lowest BCUT2D eigenvalue weighted by Crippen LogP contribution is -2.22. The Morgan fingerprint density at radius 1 is 1.24 bits per heavy atom. The molecule has 6 heteroatoms. The topological polar surface area (TPSA) is 68.5 Å². The van der Waals surface area contributed by atoms with Crippen LogP contribution in [0.1, 0.15) is 41.9 Å². The lowest BCUT2D eigenvalue weighted by Gasteiger charge is -2.22. The number of nitrogens with zero attached hydrogens (tertiary/aromatic N) is 2. The van der Waals surface area contributed by atoms with Crippen molar-refractivity contribution in [2.24, 2.45) is 0 Å². The molecule has 1 aliphatic heterocycles. The molecule has 0 radical (unpaired) electrons. The van der Waals surface area contributed by atoms with Crippen molar-refractivity contribution >= 4 is 0 Å². The Morgan fingerprint density at radius 2 is 2.00 bits per heavy atom. The van der Waals surface area contributed by atoms with Crippen molar-refractivity contribution in [3.05, 3.63) is 40.7 Å². The van der Waals surface area contributed by atoms with Gasteiger partial charge in [-0.05, 0) is 38.0 Å². The molecule has 2 N–H and O–H groups in total. The van der Waals surface area contributed by atoms with Gasteiger partial charge in [-0.1, -0.05) is 13.0 Å². The van der Waals surface area contributed by atoms with Crippen molar-refractivity contribution < 1.29 is 14.6 Å². The fraction of sp³-hybridized carbons (Fsp3) is 0.526. The molecule has 1 unspecified atom stereocenters. The summed E-state index contributed by atoms with van der Waals surface area (Å²) < 4.78 is 13.2. The van der Waals surface area contributed by atoms with Crippen LogP contribution in [0, 0.1) is 13.8 Å².